The molecule has 1 fully saturated rings. The fraction of sp³-hybridized carbons (Fsp3) is 0.0588. The Bertz CT molecular complexity index is 784. The van der Waals surface area contributed by atoms with Crippen molar-refractivity contribution in [3.8, 4) is 0 Å². The van der Waals surface area contributed by atoms with Crippen LogP contribution in [0.15, 0.2) is 53.4 Å². The van der Waals surface area contributed by atoms with Gasteiger partial charge in [-0.3, -0.25) is 9.59 Å². The third kappa shape index (κ3) is 2.80. The van der Waals surface area contributed by atoms with Gasteiger partial charge in [0.05, 0.1) is 10.6 Å². The van der Waals surface area contributed by atoms with Crippen molar-refractivity contribution in [2.75, 3.05) is 4.90 Å². The molecular weight excluding hydrogens is 318 g/mol. The normalized spacial score (nSPS) is 16.6. The number of anilines is 1. The monoisotopic (exact) mass is 329 g/mol. The first-order valence-electron chi connectivity index (χ1n) is 6.65. The number of nitrogens with zero attached hydrogens (tertiary/aromatic N) is 1. The van der Waals surface area contributed by atoms with Crippen LogP contribution < -0.4 is 4.90 Å². The van der Waals surface area contributed by atoms with Crippen molar-refractivity contribution in [2.45, 2.75) is 6.92 Å². The van der Waals surface area contributed by atoms with E-state index in [0.29, 0.717) is 15.6 Å². The molecule has 0 saturated carbocycles. The molecule has 3 nitrogen and oxygen atoms in total. The SMILES string of the molecule is Cc1ccccc1N1C(=O)SC(=Cc2ccc(Cl)cc2)C1=O. The Kier molecular flexibility index (Phi) is 4.05. The first-order chi connectivity index (χ1) is 10.6. The minimum atomic E-state index is -0.292. The number of para-hydroxylation sites is 1. The number of thioether (sulfide) groups is 1. The van der Waals surface area contributed by atoms with Crippen molar-refractivity contribution >= 4 is 46.3 Å². The van der Waals surface area contributed by atoms with Gasteiger partial charge in [-0.25, -0.2) is 4.90 Å². The number of hydrogen-bond acceptors (Lipinski definition) is 3. The highest BCUT2D eigenvalue weighted by Gasteiger charge is 2.36. The molecule has 5 heteroatoms. The smallest absolute Gasteiger partial charge is 0.268 e. The lowest BCUT2D eigenvalue weighted by Crippen LogP contribution is -2.28. The molecular formula is C17H12ClNO2S. The summed E-state index contributed by atoms with van der Waals surface area (Å²) in [5, 5.41) is 0.352. The maximum absolute atomic E-state index is 12.5. The van der Waals surface area contributed by atoms with E-state index < -0.39 is 0 Å². The average molecular weight is 330 g/mol. The van der Waals surface area contributed by atoms with Crippen LogP contribution in [0, 0.1) is 6.92 Å². The zero-order valence-corrected chi connectivity index (χ0v) is 13.3. The first-order valence-corrected chi connectivity index (χ1v) is 7.85. The van der Waals surface area contributed by atoms with Gasteiger partial charge in [0.25, 0.3) is 11.1 Å². The number of halogens is 1. The highest BCUT2D eigenvalue weighted by atomic mass is 35.5. The number of imide groups is 1. The van der Waals surface area contributed by atoms with E-state index in [9.17, 15) is 9.59 Å². The summed E-state index contributed by atoms with van der Waals surface area (Å²) in [7, 11) is 0. The van der Waals surface area contributed by atoms with Gasteiger partial charge in [0, 0.05) is 5.02 Å². The van der Waals surface area contributed by atoms with Crippen LogP contribution in [0.5, 0.6) is 0 Å². The van der Waals surface area contributed by atoms with E-state index >= 15 is 0 Å². The second kappa shape index (κ2) is 5.99. The van der Waals surface area contributed by atoms with Crippen molar-refractivity contribution in [3.05, 3.63) is 69.6 Å². The average Bonchev–Trinajstić information content (AvgIpc) is 2.77. The lowest BCUT2D eigenvalue weighted by Gasteiger charge is -2.14. The molecule has 0 unspecified atom stereocenters. The number of carbonyl (C=O) groups excluding carboxylic acids is 2. The second-order valence-corrected chi connectivity index (χ2v) is 6.28. The standard InChI is InChI=1S/C17H12ClNO2S/c1-11-4-2-3-5-14(11)19-16(20)15(22-17(19)21)10-12-6-8-13(18)9-7-12/h2-10H,1H3. The summed E-state index contributed by atoms with van der Waals surface area (Å²) in [6.45, 7) is 1.88. The van der Waals surface area contributed by atoms with Crippen LogP contribution in [0.1, 0.15) is 11.1 Å². The fourth-order valence-electron chi connectivity index (χ4n) is 2.20. The van der Waals surface area contributed by atoms with Crippen molar-refractivity contribution in [1.82, 2.24) is 0 Å². The maximum Gasteiger partial charge on any atom is 0.298 e. The zero-order valence-electron chi connectivity index (χ0n) is 11.7. The molecule has 2 amide bonds. The van der Waals surface area contributed by atoms with Gasteiger partial charge in [-0.15, -0.1) is 0 Å². The van der Waals surface area contributed by atoms with E-state index in [2.05, 4.69) is 0 Å². The molecule has 0 aliphatic carbocycles. The molecule has 0 bridgehead atoms. The van der Waals surface area contributed by atoms with E-state index in [0.717, 1.165) is 22.9 Å². The minimum Gasteiger partial charge on any atom is -0.268 e. The molecule has 1 saturated heterocycles. The number of hydrogen-bond donors (Lipinski definition) is 0. The Hall–Kier alpha value is -2.04. The van der Waals surface area contributed by atoms with Crippen LogP contribution in [0.4, 0.5) is 10.5 Å². The molecule has 0 spiro atoms. The summed E-state index contributed by atoms with van der Waals surface area (Å²) in [6, 6.07) is 14.5. The van der Waals surface area contributed by atoms with Gasteiger partial charge >= 0.3 is 0 Å². The van der Waals surface area contributed by atoms with Crippen LogP contribution in [-0.4, -0.2) is 11.1 Å². The third-order valence-electron chi connectivity index (χ3n) is 3.32. The van der Waals surface area contributed by atoms with Gasteiger partial charge < -0.3 is 0 Å². The molecule has 2 aromatic carbocycles. The van der Waals surface area contributed by atoms with Crippen LogP contribution in [0.2, 0.25) is 5.02 Å². The topological polar surface area (TPSA) is 37.4 Å². The lowest BCUT2D eigenvalue weighted by molar-refractivity contribution is -0.113. The van der Waals surface area contributed by atoms with Gasteiger partial charge in [-0.05, 0) is 54.1 Å². The summed E-state index contributed by atoms with van der Waals surface area (Å²) in [6.07, 6.45) is 1.71. The molecule has 0 N–H and O–H groups in total. The molecule has 3 rings (SSSR count). The molecule has 110 valence electrons. The van der Waals surface area contributed by atoms with Crippen LogP contribution in [0.3, 0.4) is 0 Å². The number of aryl methyl sites for hydroxylation is 1. The highest BCUT2D eigenvalue weighted by Crippen LogP contribution is 2.36. The van der Waals surface area contributed by atoms with Gasteiger partial charge in [0.2, 0.25) is 0 Å². The van der Waals surface area contributed by atoms with Crippen LogP contribution in [-0.2, 0) is 4.79 Å². The van der Waals surface area contributed by atoms with Gasteiger partial charge in [0.15, 0.2) is 0 Å². The predicted molar refractivity (Wildman–Crippen MR) is 91.1 cm³/mol. The van der Waals surface area contributed by atoms with Crippen molar-refractivity contribution in [3.63, 3.8) is 0 Å². The highest BCUT2D eigenvalue weighted by molar-refractivity contribution is 8.19. The summed E-state index contributed by atoms with van der Waals surface area (Å²) in [5.74, 6) is -0.292. The van der Waals surface area contributed by atoms with E-state index in [-0.39, 0.29) is 11.1 Å². The molecule has 0 aromatic heterocycles. The van der Waals surface area contributed by atoms with Crippen molar-refractivity contribution in [1.29, 1.82) is 0 Å². The molecule has 22 heavy (non-hydrogen) atoms. The summed E-state index contributed by atoms with van der Waals surface area (Å²) in [4.78, 5) is 26.4. The van der Waals surface area contributed by atoms with Gasteiger partial charge in [0.1, 0.15) is 0 Å². The Morgan fingerprint density at radius 2 is 1.73 bits per heavy atom. The number of rotatable bonds is 2. The quantitative estimate of drug-likeness (QED) is 0.736. The van der Waals surface area contributed by atoms with E-state index in [4.69, 9.17) is 11.6 Å². The maximum atomic E-state index is 12.5. The second-order valence-electron chi connectivity index (χ2n) is 4.86. The Balaban J connectivity index is 1.95. The van der Waals surface area contributed by atoms with E-state index in [1.165, 1.54) is 4.90 Å². The number of carbonyl (C=O) groups is 2. The summed E-state index contributed by atoms with van der Waals surface area (Å²) >= 11 is 6.80. The number of benzene rings is 2. The lowest BCUT2D eigenvalue weighted by atomic mass is 10.1. The number of amides is 2. The largest absolute Gasteiger partial charge is 0.298 e. The molecule has 1 aliphatic heterocycles. The van der Waals surface area contributed by atoms with Gasteiger partial charge in [-0.1, -0.05) is 41.9 Å². The third-order valence-corrected chi connectivity index (χ3v) is 4.44. The van der Waals surface area contributed by atoms with Crippen LogP contribution in [0.25, 0.3) is 6.08 Å². The first kappa shape index (κ1) is 14.9. The predicted octanol–water partition coefficient (Wildman–Crippen LogP) is 4.89. The zero-order chi connectivity index (χ0) is 15.7. The van der Waals surface area contributed by atoms with Gasteiger partial charge in [-0.2, -0.15) is 0 Å². The molecule has 0 radical (unpaired) electrons. The van der Waals surface area contributed by atoms with Crippen molar-refractivity contribution in [2.24, 2.45) is 0 Å². The Morgan fingerprint density at radius 3 is 2.41 bits per heavy atom. The summed E-state index contributed by atoms with van der Waals surface area (Å²) < 4.78 is 0. The Labute approximate surface area is 137 Å². The molecule has 1 aliphatic rings. The molecule has 2 aromatic rings. The van der Waals surface area contributed by atoms with E-state index in [1.807, 2.05) is 37.3 Å². The molecule has 0 atom stereocenters. The van der Waals surface area contributed by atoms with Crippen molar-refractivity contribution < 1.29 is 9.59 Å². The van der Waals surface area contributed by atoms with Crippen LogP contribution >= 0.6 is 23.4 Å². The summed E-state index contributed by atoms with van der Waals surface area (Å²) in [5.41, 5.74) is 2.35. The molecule has 1 heterocycles. The fourth-order valence-corrected chi connectivity index (χ4v) is 3.16. The van der Waals surface area contributed by atoms with E-state index in [1.54, 1.807) is 24.3 Å². The Morgan fingerprint density at radius 1 is 1.05 bits per heavy atom. The minimum absolute atomic E-state index is 0.278.